The maximum absolute atomic E-state index is 11.4. The Hall–Kier alpha value is -1.71. The van der Waals surface area contributed by atoms with E-state index >= 15 is 0 Å². The lowest BCUT2D eigenvalue weighted by Crippen LogP contribution is -2.27. The Morgan fingerprint density at radius 2 is 2.00 bits per heavy atom. The van der Waals surface area contributed by atoms with Gasteiger partial charge in [0, 0.05) is 18.8 Å². The highest BCUT2D eigenvalue weighted by Crippen LogP contribution is 2.36. The zero-order chi connectivity index (χ0) is 15.6. The fourth-order valence-corrected chi connectivity index (χ4v) is 3.20. The molecule has 0 radical (unpaired) electrons. The molecule has 4 heteroatoms. The first-order chi connectivity index (χ1) is 9.79. The van der Waals surface area contributed by atoms with Crippen LogP contribution in [0.4, 0.5) is 11.4 Å². The van der Waals surface area contributed by atoms with E-state index in [4.69, 9.17) is 5.73 Å². The van der Waals surface area contributed by atoms with Crippen LogP contribution in [0.5, 0.6) is 0 Å². The van der Waals surface area contributed by atoms with Crippen molar-refractivity contribution in [2.75, 3.05) is 23.7 Å². The number of hydrogen-bond acceptors (Lipinski definition) is 3. The van der Waals surface area contributed by atoms with Gasteiger partial charge in [-0.3, -0.25) is 0 Å². The van der Waals surface area contributed by atoms with E-state index in [1.54, 1.807) is 12.1 Å². The molecular formula is C17H26N2O2. The zero-order valence-electron chi connectivity index (χ0n) is 13.2. The second-order valence-corrected chi connectivity index (χ2v) is 7.06. The SMILES string of the molecule is CC(C)(C)C1CCCN(c2ccc(N)cc2C(=O)O)CC1. The molecule has 116 valence electrons. The van der Waals surface area contributed by atoms with Crippen LogP contribution in [0.25, 0.3) is 0 Å². The molecule has 0 aliphatic carbocycles. The van der Waals surface area contributed by atoms with Crippen LogP contribution in [0.2, 0.25) is 0 Å². The van der Waals surface area contributed by atoms with Gasteiger partial charge in [0.05, 0.1) is 11.3 Å². The van der Waals surface area contributed by atoms with Crippen molar-refractivity contribution >= 4 is 17.3 Å². The molecule has 0 bridgehead atoms. The van der Waals surface area contributed by atoms with Gasteiger partial charge >= 0.3 is 5.97 Å². The molecule has 1 aliphatic rings. The van der Waals surface area contributed by atoms with Crippen LogP contribution in [-0.4, -0.2) is 24.2 Å². The minimum Gasteiger partial charge on any atom is -0.478 e. The molecular weight excluding hydrogens is 264 g/mol. The van der Waals surface area contributed by atoms with Gasteiger partial charge in [0.25, 0.3) is 0 Å². The Bertz CT molecular complexity index is 520. The maximum atomic E-state index is 11.4. The third-order valence-corrected chi connectivity index (χ3v) is 4.54. The van der Waals surface area contributed by atoms with E-state index in [1.165, 1.54) is 6.42 Å². The summed E-state index contributed by atoms with van der Waals surface area (Å²) in [5, 5.41) is 9.39. The highest BCUT2D eigenvalue weighted by molar-refractivity contribution is 5.95. The summed E-state index contributed by atoms with van der Waals surface area (Å²) >= 11 is 0. The van der Waals surface area contributed by atoms with Crippen LogP contribution in [0.3, 0.4) is 0 Å². The number of carboxylic acids is 1. The molecule has 1 aliphatic heterocycles. The summed E-state index contributed by atoms with van der Waals surface area (Å²) in [5.74, 6) is -0.224. The van der Waals surface area contributed by atoms with E-state index in [1.807, 2.05) is 6.07 Å². The fraction of sp³-hybridized carbons (Fsp3) is 0.588. The number of benzene rings is 1. The Morgan fingerprint density at radius 1 is 1.29 bits per heavy atom. The number of nitrogen functional groups attached to an aromatic ring is 1. The zero-order valence-corrected chi connectivity index (χ0v) is 13.2. The Labute approximate surface area is 126 Å². The van der Waals surface area contributed by atoms with Crippen molar-refractivity contribution < 1.29 is 9.90 Å². The third-order valence-electron chi connectivity index (χ3n) is 4.54. The van der Waals surface area contributed by atoms with Gasteiger partial charge in [0.2, 0.25) is 0 Å². The first-order valence-corrected chi connectivity index (χ1v) is 7.67. The molecule has 1 heterocycles. The number of carbonyl (C=O) groups is 1. The monoisotopic (exact) mass is 290 g/mol. The van der Waals surface area contributed by atoms with E-state index in [-0.39, 0.29) is 0 Å². The van der Waals surface area contributed by atoms with E-state index in [2.05, 4.69) is 25.7 Å². The summed E-state index contributed by atoms with van der Waals surface area (Å²) in [7, 11) is 0. The van der Waals surface area contributed by atoms with Gasteiger partial charge < -0.3 is 15.7 Å². The van der Waals surface area contributed by atoms with Gasteiger partial charge in [-0.1, -0.05) is 20.8 Å². The van der Waals surface area contributed by atoms with Crippen molar-refractivity contribution in [2.24, 2.45) is 11.3 Å². The van der Waals surface area contributed by atoms with Crippen molar-refractivity contribution in [2.45, 2.75) is 40.0 Å². The van der Waals surface area contributed by atoms with E-state index < -0.39 is 5.97 Å². The predicted octanol–water partition coefficient (Wildman–Crippen LogP) is 3.62. The third kappa shape index (κ3) is 3.69. The lowest BCUT2D eigenvalue weighted by molar-refractivity contribution is 0.0697. The van der Waals surface area contributed by atoms with Crippen molar-refractivity contribution in [3.8, 4) is 0 Å². The number of nitrogens with two attached hydrogens (primary N) is 1. The van der Waals surface area contributed by atoms with Gasteiger partial charge in [-0.15, -0.1) is 0 Å². The van der Waals surface area contributed by atoms with E-state index in [0.29, 0.717) is 22.6 Å². The second kappa shape index (κ2) is 5.96. The summed E-state index contributed by atoms with van der Waals surface area (Å²) in [6.45, 7) is 8.70. The number of rotatable bonds is 2. The van der Waals surface area contributed by atoms with Gasteiger partial charge in [-0.2, -0.15) is 0 Å². The largest absolute Gasteiger partial charge is 0.478 e. The number of nitrogens with zero attached hydrogens (tertiary/aromatic N) is 1. The lowest BCUT2D eigenvalue weighted by atomic mass is 9.77. The number of hydrogen-bond donors (Lipinski definition) is 2. The molecule has 1 aromatic rings. The second-order valence-electron chi connectivity index (χ2n) is 7.06. The molecule has 3 N–H and O–H groups in total. The Morgan fingerprint density at radius 3 is 2.62 bits per heavy atom. The van der Waals surface area contributed by atoms with Crippen LogP contribution in [-0.2, 0) is 0 Å². The number of aromatic carboxylic acids is 1. The molecule has 0 amide bonds. The van der Waals surface area contributed by atoms with Crippen LogP contribution in [0, 0.1) is 11.3 Å². The minimum atomic E-state index is -0.908. The Kier molecular flexibility index (Phi) is 4.45. The van der Waals surface area contributed by atoms with Gasteiger partial charge in [-0.25, -0.2) is 4.79 Å². The molecule has 0 aromatic heterocycles. The number of carboxylic acid groups (broad SMARTS) is 1. The molecule has 2 rings (SSSR count). The quantitative estimate of drug-likeness (QED) is 0.816. The maximum Gasteiger partial charge on any atom is 0.337 e. The van der Waals surface area contributed by atoms with Crippen molar-refractivity contribution in [1.29, 1.82) is 0 Å². The normalized spacial score (nSPS) is 20.1. The predicted molar refractivity (Wildman–Crippen MR) is 86.8 cm³/mol. The van der Waals surface area contributed by atoms with E-state index in [0.717, 1.165) is 31.6 Å². The van der Waals surface area contributed by atoms with Crippen molar-refractivity contribution in [1.82, 2.24) is 0 Å². The summed E-state index contributed by atoms with van der Waals surface area (Å²) in [6, 6.07) is 5.19. The topological polar surface area (TPSA) is 66.6 Å². The van der Waals surface area contributed by atoms with Gasteiger partial charge in [-0.05, 0) is 48.8 Å². The van der Waals surface area contributed by atoms with Crippen molar-refractivity contribution in [3.63, 3.8) is 0 Å². The highest BCUT2D eigenvalue weighted by Gasteiger charge is 2.28. The van der Waals surface area contributed by atoms with Crippen LogP contribution in [0.15, 0.2) is 18.2 Å². The minimum absolute atomic E-state index is 0.309. The van der Waals surface area contributed by atoms with Gasteiger partial charge in [0.15, 0.2) is 0 Å². The van der Waals surface area contributed by atoms with Gasteiger partial charge in [0.1, 0.15) is 0 Å². The van der Waals surface area contributed by atoms with E-state index in [9.17, 15) is 9.90 Å². The molecule has 4 nitrogen and oxygen atoms in total. The molecule has 1 aromatic carbocycles. The molecule has 21 heavy (non-hydrogen) atoms. The summed E-state index contributed by atoms with van der Waals surface area (Å²) in [4.78, 5) is 13.6. The first kappa shape index (κ1) is 15.7. The summed E-state index contributed by atoms with van der Waals surface area (Å²) in [5.41, 5.74) is 7.64. The van der Waals surface area contributed by atoms with Crippen LogP contribution in [0.1, 0.15) is 50.4 Å². The molecule has 1 fully saturated rings. The average Bonchev–Trinajstić information content (AvgIpc) is 2.63. The molecule has 1 unspecified atom stereocenters. The fourth-order valence-electron chi connectivity index (χ4n) is 3.20. The van der Waals surface area contributed by atoms with Crippen molar-refractivity contribution in [3.05, 3.63) is 23.8 Å². The number of anilines is 2. The molecule has 0 saturated carbocycles. The first-order valence-electron chi connectivity index (χ1n) is 7.67. The molecule has 1 atom stereocenters. The highest BCUT2D eigenvalue weighted by atomic mass is 16.4. The lowest BCUT2D eigenvalue weighted by Gasteiger charge is -2.30. The summed E-state index contributed by atoms with van der Waals surface area (Å²) in [6.07, 6.45) is 3.41. The molecule has 1 saturated heterocycles. The smallest absolute Gasteiger partial charge is 0.337 e. The van der Waals surface area contributed by atoms with Crippen LogP contribution < -0.4 is 10.6 Å². The Balaban J connectivity index is 2.22. The standard InChI is InChI=1S/C17H26N2O2/c1-17(2,3)12-5-4-9-19(10-8-12)15-7-6-13(18)11-14(15)16(20)21/h6-7,11-12H,4-5,8-10,18H2,1-3H3,(H,20,21). The summed E-state index contributed by atoms with van der Waals surface area (Å²) < 4.78 is 0. The average molecular weight is 290 g/mol. The molecule has 0 spiro atoms. The van der Waals surface area contributed by atoms with Crippen LogP contribution >= 0.6 is 0 Å².